The van der Waals surface area contributed by atoms with Gasteiger partial charge in [-0.05, 0) is 38.2 Å². The fourth-order valence-electron chi connectivity index (χ4n) is 2.44. The summed E-state index contributed by atoms with van der Waals surface area (Å²) in [5, 5.41) is 0. The number of carbonyl (C=O) groups is 1. The van der Waals surface area contributed by atoms with Crippen molar-refractivity contribution in [1.82, 2.24) is 0 Å². The van der Waals surface area contributed by atoms with E-state index in [2.05, 4.69) is 24.7 Å². The third-order valence-electron chi connectivity index (χ3n) is 3.34. The number of rotatable bonds is 6. The molecule has 0 N–H and O–H groups in total. The van der Waals surface area contributed by atoms with E-state index in [0.717, 1.165) is 24.8 Å². The van der Waals surface area contributed by atoms with Gasteiger partial charge in [-0.15, -0.1) is 0 Å². The summed E-state index contributed by atoms with van der Waals surface area (Å²) < 4.78 is 11.0. The molecule has 0 aromatic heterocycles. The predicted octanol–water partition coefficient (Wildman–Crippen LogP) is 3.11. The summed E-state index contributed by atoms with van der Waals surface area (Å²) in [6, 6.07) is 0. The summed E-state index contributed by atoms with van der Waals surface area (Å²) in [7, 11) is 0. The number of hydrogen-bond acceptors (Lipinski definition) is 3. The SMILES string of the molecule is C[C@H](C[C@@H](C)OC1=CCCC(C)(C)C1)OC(=O)C=[N+]=[N-]. The van der Waals surface area contributed by atoms with Crippen molar-refractivity contribution in [2.45, 2.75) is 65.6 Å². The van der Waals surface area contributed by atoms with Gasteiger partial charge in [-0.2, -0.15) is 4.79 Å². The van der Waals surface area contributed by atoms with E-state index in [-0.39, 0.29) is 12.2 Å². The van der Waals surface area contributed by atoms with E-state index in [0.29, 0.717) is 11.8 Å². The molecular weight excluding hydrogens is 256 g/mol. The Labute approximate surface area is 120 Å². The summed E-state index contributed by atoms with van der Waals surface area (Å²) in [5.41, 5.74) is 8.52. The van der Waals surface area contributed by atoms with Gasteiger partial charge in [0.2, 0.25) is 0 Å². The van der Waals surface area contributed by atoms with Crippen LogP contribution in [0.5, 0.6) is 0 Å². The van der Waals surface area contributed by atoms with Crippen LogP contribution < -0.4 is 0 Å². The Bertz CT molecular complexity index is 423. The molecule has 0 radical (unpaired) electrons. The maximum Gasteiger partial charge on any atom is 0.413 e. The van der Waals surface area contributed by atoms with Gasteiger partial charge in [0.1, 0.15) is 6.10 Å². The topological polar surface area (TPSA) is 71.9 Å². The lowest BCUT2D eigenvalue weighted by molar-refractivity contribution is -0.144. The molecule has 0 saturated heterocycles. The van der Waals surface area contributed by atoms with Crippen LogP contribution >= 0.6 is 0 Å². The van der Waals surface area contributed by atoms with Crippen LogP contribution in [0.2, 0.25) is 0 Å². The lowest BCUT2D eigenvalue weighted by atomic mass is 9.80. The maximum atomic E-state index is 11.1. The van der Waals surface area contributed by atoms with Crippen molar-refractivity contribution in [1.29, 1.82) is 0 Å². The summed E-state index contributed by atoms with van der Waals surface area (Å²) in [6.45, 7) is 8.24. The summed E-state index contributed by atoms with van der Waals surface area (Å²) >= 11 is 0. The highest BCUT2D eigenvalue weighted by atomic mass is 16.5. The van der Waals surface area contributed by atoms with Gasteiger partial charge in [-0.25, -0.2) is 4.79 Å². The average molecular weight is 280 g/mol. The molecule has 0 unspecified atom stereocenters. The standard InChI is InChI=1S/C15H24N2O3/c1-11(8-12(2)20-14(18)10-17-16)19-13-6-5-7-15(3,4)9-13/h6,10-12H,5,7-9H2,1-4H3/t11-,12-/m1/s1. The van der Waals surface area contributed by atoms with E-state index in [4.69, 9.17) is 15.0 Å². The quantitative estimate of drug-likeness (QED) is 0.325. The molecule has 20 heavy (non-hydrogen) atoms. The highest BCUT2D eigenvalue weighted by Gasteiger charge is 2.25. The third-order valence-corrected chi connectivity index (χ3v) is 3.34. The van der Waals surface area contributed by atoms with Crippen LogP contribution in [0.25, 0.3) is 5.53 Å². The van der Waals surface area contributed by atoms with Crippen LogP contribution in [0.3, 0.4) is 0 Å². The minimum atomic E-state index is -0.648. The first-order valence-electron chi connectivity index (χ1n) is 7.06. The number of esters is 1. The molecule has 0 aromatic carbocycles. The second-order valence-electron chi connectivity index (χ2n) is 6.21. The third kappa shape index (κ3) is 6.02. The number of allylic oxidation sites excluding steroid dienone is 2. The summed E-state index contributed by atoms with van der Waals surface area (Å²) in [4.78, 5) is 13.8. The Balaban J connectivity index is 2.39. The highest BCUT2D eigenvalue weighted by molar-refractivity contribution is 6.20. The number of ether oxygens (including phenoxy) is 2. The van der Waals surface area contributed by atoms with Crippen molar-refractivity contribution in [3.8, 4) is 0 Å². The van der Waals surface area contributed by atoms with E-state index in [1.165, 1.54) is 6.42 Å². The molecule has 0 fully saturated rings. The zero-order chi connectivity index (χ0) is 15.2. The molecule has 1 aliphatic rings. The minimum Gasteiger partial charge on any atom is -0.495 e. The largest absolute Gasteiger partial charge is 0.495 e. The Morgan fingerprint density at radius 1 is 1.50 bits per heavy atom. The molecule has 5 heteroatoms. The average Bonchev–Trinajstić information content (AvgIpc) is 2.26. The molecule has 0 aliphatic heterocycles. The molecule has 0 spiro atoms. The molecule has 5 nitrogen and oxygen atoms in total. The van der Waals surface area contributed by atoms with Crippen LogP contribution in [-0.2, 0) is 14.3 Å². The number of hydrogen-bond donors (Lipinski definition) is 0. The van der Waals surface area contributed by atoms with Gasteiger partial charge in [0, 0.05) is 12.8 Å². The predicted molar refractivity (Wildman–Crippen MR) is 76.1 cm³/mol. The van der Waals surface area contributed by atoms with E-state index < -0.39 is 5.97 Å². The van der Waals surface area contributed by atoms with E-state index in [1.54, 1.807) is 6.92 Å². The number of nitrogens with zero attached hydrogens (tertiary/aromatic N) is 2. The van der Waals surface area contributed by atoms with Gasteiger partial charge >= 0.3 is 12.2 Å². The first-order chi connectivity index (χ1) is 9.32. The molecule has 0 bridgehead atoms. The Hall–Kier alpha value is -1.61. The van der Waals surface area contributed by atoms with Crippen LogP contribution in [0.15, 0.2) is 11.8 Å². The first-order valence-corrected chi connectivity index (χ1v) is 7.06. The second-order valence-corrected chi connectivity index (χ2v) is 6.21. The van der Waals surface area contributed by atoms with Crippen molar-refractivity contribution >= 4 is 12.2 Å². The Morgan fingerprint density at radius 3 is 2.80 bits per heavy atom. The minimum absolute atomic E-state index is 0.0241. The van der Waals surface area contributed by atoms with E-state index >= 15 is 0 Å². The molecular formula is C15H24N2O3. The van der Waals surface area contributed by atoms with Gasteiger partial charge in [0.25, 0.3) is 0 Å². The normalized spacial score (nSPS) is 20.1. The fraction of sp³-hybridized carbons (Fsp3) is 0.733. The lowest BCUT2D eigenvalue weighted by Crippen LogP contribution is -2.24. The number of carbonyl (C=O) groups excluding carboxylic acids is 1. The first kappa shape index (κ1) is 16.4. The van der Waals surface area contributed by atoms with Crippen LogP contribution in [-0.4, -0.2) is 29.2 Å². The van der Waals surface area contributed by atoms with Crippen molar-refractivity contribution < 1.29 is 19.1 Å². The maximum absolute atomic E-state index is 11.1. The van der Waals surface area contributed by atoms with Crippen LogP contribution in [0.1, 0.15) is 53.4 Å². The zero-order valence-corrected chi connectivity index (χ0v) is 12.8. The van der Waals surface area contributed by atoms with Gasteiger partial charge in [0.05, 0.1) is 11.9 Å². The van der Waals surface area contributed by atoms with Crippen molar-refractivity contribution in [2.75, 3.05) is 0 Å². The summed E-state index contributed by atoms with van der Waals surface area (Å²) in [6.07, 6.45) is 6.36. The molecule has 1 aliphatic carbocycles. The van der Waals surface area contributed by atoms with Gasteiger partial charge in [0.15, 0.2) is 0 Å². The molecule has 0 amide bonds. The molecule has 0 aromatic rings. The highest BCUT2D eigenvalue weighted by Crippen LogP contribution is 2.36. The van der Waals surface area contributed by atoms with Crippen molar-refractivity contribution in [3.63, 3.8) is 0 Å². The van der Waals surface area contributed by atoms with Crippen molar-refractivity contribution in [2.24, 2.45) is 5.41 Å². The Morgan fingerprint density at radius 2 is 2.20 bits per heavy atom. The van der Waals surface area contributed by atoms with Crippen LogP contribution in [0.4, 0.5) is 0 Å². The molecule has 0 heterocycles. The van der Waals surface area contributed by atoms with Crippen molar-refractivity contribution in [3.05, 3.63) is 17.4 Å². The van der Waals surface area contributed by atoms with E-state index in [9.17, 15) is 4.79 Å². The zero-order valence-electron chi connectivity index (χ0n) is 12.8. The second kappa shape index (κ2) is 7.25. The van der Waals surface area contributed by atoms with Crippen LogP contribution in [0, 0.1) is 5.41 Å². The molecule has 0 saturated carbocycles. The van der Waals surface area contributed by atoms with Gasteiger partial charge < -0.3 is 15.0 Å². The van der Waals surface area contributed by atoms with Gasteiger partial charge in [-0.1, -0.05) is 13.8 Å². The lowest BCUT2D eigenvalue weighted by Gasteiger charge is -2.31. The van der Waals surface area contributed by atoms with Gasteiger partial charge in [-0.3, -0.25) is 0 Å². The molecule has 1 rings (SSSR count). The molecule has 112 valence electrons. The smallest absolute Gasteiger partial charge is 0.413 e. The fourth-order valence-corrected chi connectivity index (χ4v) is 2.44. The Kier molecular flexibility index (Phi) is 5.96. The molecule has 2 atom stereocenters. The summed E-state index contributed by atoms with van der Waals surface area (Å²) in [5.74, 6) is 0.384. The van der Waals surface area contributed by atoms with E-state index in [1.807, 2.05) is 6.92 Å². The monoisotopic (exact) mass is 280 g/mol.